The summed E-state index contributed by atoms with van der Waals surface area (Å²) in [5, 5.41) is 2.97. The van der Waals surface area contributed by atoms with E-state index in [0.29, 0.717) is 17.9 Å². The predicted molar refractivity (Wildman–Crippen MR) is 98.2 cm³/mol. The van der Waals surface area contributed by atoms with Crippen molar-refractivity contribution in [2.45, 2.75) is 45.1 Å². The van der Waals surface area contributed by atoms with Crippen LogP contribution in [0.2, 0.25) is 0 Å². The number of aromatic nitrogens is 2. The Morgan fingerprint density at radius 3 is 2.96 bits per heavy atom. The molecule has 3 rings (SSSR count). The molecule has 4 N–H and O–H groups in total. The van der Waals surface area contributed by atoms with Crippen molar-refractivity contribution in [2.75, 3.05) is 5.32 Å². The zero-order valence-corrected chi connectivity index (χ0v) is 14.4. The number of aromatic amines is 1. The number of hydrogen-bond acceptors (Lipinski definition) is 4. The van der Waals surface area contributed by atoms with E-state index in [1.54, 1.807) is 0 Å². The molecule has 0 radical (unpaired) electrons. The number of nitrogens with two attached hydrogens (primary N) is 1. The van der Waals surface area contributed by atoms with E-state index >= 15 is 0 Å². The Labute approximate surface area is 146 Å². The van der Waals surface area contributed by atoms with Gasteiger partial charge in [-0.2, -0.15) is 0 Å². The van der Waals surface area contributed by atoms with E-state index in [4.69, 9.17) is 5.73 Å². The van der Waals surface area contributed by atoms with Crippen LogP contribution in [0.3, 0.4) is 0 Å². The summed E-state index contributed by atoms with van der Waals surface area (Å²) in [5.74, 6) is 0.491. The lowest BCUT2D eigenvalue weighted by molar-refractivity contribution is -0.120. The molecule has 0 spiro atoms. The maximum absolute atomic E-state index is 12.5. The molecule has 0 aliphatic heterocycles. The monoisotopic (exact) mass is 340 g/mol. The van der Waals surface area contributed by atoms with Crippen LogP contribution in [-0.2, 0) is 11.2 Å². The van der Waals surface area contributed by atoms with Gasteiger partial charge in [0.1, 0.15) is 5.82 Å². The highest BCUT2D eigenvalue weighted by atomic mass is 16.2. The van der Waals surface area contributed by atoms with Crippen molar-refractivity contribution in [2.24, 2.45) is 11.7 Å². The molecule has 1 heterocycles. The largest absolute Gasteiger partial charge is 0.328 e. The molecule has 1 aromatic carbocycles. The molecule has 6 heteroatoms. The summed E-state index contributed by atoms with van der Waals surface area (Å²) >= 11 is 0. The number of carbonyl (C=O) groups is 1. The summed E-state index contributed by atoms with van der Waals surface area (Å²) in [6, 6.07) is 8.99. The summed E-state index contributed by atoms with van der Waals surface area (Å²) in [7, 11) is 0. The number of carbonyl (C=O) groups excluding carboxylic acids is 1. The third kappa shape index (κ3) is 4.33. The maximum Gasteiger partial charge on any atom is 0.251 e. The zero-order chi connectivity index (χ0) is 17.8. The van der Waals surface area contributed by atoms with Crippen LogP contribution in [0.4, 0.5) is 5.69 Å². The van der Waals surface area contributed by atoms with Crippen molar-refractivity contribution in [1.29, 1.82) is 0 Å². The Hall–Kier alpha value is -2.47. The molecule has 1 fully saturated rings. The Kier molecular flexibility index (Phi) is 5.28. The molecule has 1 aliphatic carbocycles. The number of hydrogen-bond donors (Lipinski definition) is 3. The lowest BCUT2D eigenvalue weighted by Crippen LogP contribution is -2.34. The van der Waals surface area contributed by atoms with E-state index in [9.17, 15) is 9.59 Å². The van der Waals surface area contributed by atoms with Gasteiger partial charge in [-0.05, 0) is 37.8 Å². The second-order valence-corrected chi connectivity index (χ2v) is 6.63. The van der Waals surface area contributed by atoms with E-state index in [1.807, 2.05) is 31.2 Å². The summed E-state index contributed by atoms with van der Waals surface area (Å²) in [6.45, 7) is 1.96. The molecule has 2 unspecified atom stereocenters. The summed E-state index contributed by atoms with van der Waals surface area (Å²) in [4.78, 5) is 31.5. The number of amides is 1. The lowest BCUT2D eigenvalue weighted by Gasteiger charge is -2.25. The highest BCUT2D eigenvalue weighted by Gasteiger charge is 2.25. The van der Waals surface area contributed by atoms with E-state index in [2.05, 4.69) is 15.3 Å². The topological polar surface area (TPSA) is 101 Å². The summed E-state index contributed by atoms with van der Waals surface area (Å²) < 4.78 is 0. The first-order valence-corrected chi connectivity index (χ1v) is 8.82. The van der Waals surface area contributed by atoms with Gasteiger partial charge in [0, 0.05) is 35.0 Å². The van der Waals surface area contributed by atoms with Gasteiger partial charge in [0.05, 0.1) is 0 Å². The number of aryl methyl sites for hydroxylation is 1. The Bertz CT molecular complexity index is 815. The first-order valence-electron chi connectivity index (χ1n) is 8.82. The molecule has 2 aromatic rings. The van der Waals surface area contributed by atoms with Gasteiger partial charge in [-0.15, -0.1) is 0 Å². The van der Waals surface area contributed by atoms with Crippen molar-refractivity contribution in [1.82, 2.24) is 9.97 Å². The highest BCUT2D eigenvalue weighted by Crippen LogP contribution is 2.25. The molecule has 6 nitrogen and oxygen atoms in total. The molecule has 132 valence electrons. The molecular formula is C19H24N4O2. The minimum Gasteiger partial charge on any atom is -0.328 e. The minimum absolute atomic E-state index is 0.0102. The van der Waals surface area contributed by atoms with Crippen LogP contribution >= 0.6 is 0 Å². The Morgan fingerprint density at radius 1 is 1.36 bits per heavy atom. The van der Waals surface area contributed by atoms with Gasteiger partial charge in [-0.3, -0.25) is 9.59 Å². The van der Waals surface area contributed by atoms with Crippen LogP contribution in [0, 0.1) is 5.92 Å². The Balaban J connectivity index is 1.79. The van der Waals surface area contributed by atoms with Crippen LogP contribution in [0.15, 0.2) is 35.1 Å². The third-order valence-electron chi connectivity index (χ3n) is 4.65. The molecule has 0 saturated heterocycles. The van der Waals surface area contributed by atoms with Crippen molar-refractivity contribution >= 4 is 11.6 Å². The standard InChI is InChI=1S/C19H24N4O2/c1-2-15-11-17(24)23-18(21-15)12-5-4-8-16(10-12)22-19(25)13-6-3-7-14(20)9-13/h4-5,8,10-11,13-14H,2-3,6-7,9,20H2,1H3,(H,22,25)(H,21,23,24). The fraction of sp³-hybridized carbons (Fsp3) is 0.421. The van der Waals surface area contributed by atoms with Crippen LogP contribution in [0.5, 0.6) is 0 Å². The van der Waals surface area contributed by atoms with Gasteiger partial charge >= 0.3 is 0 Å². The average Bonchev–Trinajstić information content (AvgIpc) is 2.61. The van der Waals surface area contributed by atoms with Gasteiger partial charge in [0.25, 0.3) is 5.56 Å². The third-order valence-corrected chi connectivity index (χ3v) is 4.65. The fourth-order valence-electron chi connectivity index (χ4n) is 3.28. The number of anilines is 1. The number of nitrogens with one attached hydrogen (secondary N) is 2. The van der Waals surface area contributed by atoms with Gasteiger partial charge < -0.3 is 16.0 Å². The van der Waals surface area contributed by atoms with Gasteiger partial charge in [0.15, 0.2) is 0 Å². The van der Waals surface area contributed by atoms with Gasteiger partial charge in [0.2, 0.25) is 5.91 Å². The first-order chi connectivity index (χ1) is 12.0. The SMILES string of the molecule is CCc1cc(=O)[nH]c(-c2cccc(NC(=O)C3CCCC(N)C3)c2)n1. The average molecular weight is 340 g/mol. The molecule has 1 amide bonds. The number of H-pyrrole nitrogens is 1. The smallest absolute Gasteiger partial charge is 0.251 e. The minimum atomic E-state index is -0.174. The molecule has 0 bridgehead atoms. The van der Waals surface area contributed by atoms with Crippen molar-refractivity contribution in [3.05, 3.63) is 46.4 Å². The van der Waals surface area contributed by atoms with E-state index in [1.165, 1.54) is 6.07 Å². The number of nitrogens with zero attached hydrogens (tertiary/aromatic N) is 1. The van der Waals surface area contributed by atoms with Crippen LogP contribution in [0.25, 0.3) is 11.4 Å². The van der Waals surface area contributed by atoms with Gasteiger partial charge in [-0.1, -0.05) is 25.5 Å². The highest BCUT2D eigenvalue weighted by molar-refractivity contribution is 5.93. The van der Waals surface area contributed by atoms with Crippen molar-refractivity contribution < 1.29 is 4.79 Å². The summed E-state index contributed by atoms with van der Waals surface area (Å²) in [6.07, 6.45) is 4.29. The fourth-order valence-corrected chi connectivity index (χ4v) is 3.28. The second kappa shape index (κ2) is 7.61. The van der Waals surface area contributed by atoms with Crippen LogP contribution in [0.1, 0.15) is 38.3 Å². The molecule has 1 aliphatic rings. The maximum atomic E-state index is 12.5. The van der Waals surface area contributed by atoms with Gasteiger partial charge in [-0.25, -0.2) is 4.98 Å². The molecular weight excluding hydrogens is 316 g/mol. The van der Waals surface area contributed by atoms with E-state index in [0.717, 1.165) is 36.9 Å². The molecule has 1 saturated carbocycles. The Morgan fingerprint density at radius 2 is 2.20 bits per heavy atom. The predicted octanol–water partition coefficient (Wildman–Crippen LogP) is 2.46. The van der Waals surface area contributed by atoms with Crippen LogP contribution < -0.4 is 16.6 Å². The normalized spacial score (nSPS) is 20.2. The zero-order valence-electron chi connectivity index (χ0n) is 14.4. The molecule has 1 aromatic heterocycles. The number of benzene rings is 1. The molecule has 25 heavy (non-hydrogen) atoms. The number of rotatable bonds is 4. The second-order valence-electron chi connectivity index (χ2n) is 6.63. The van der Waals surface area contributed by atoms with E-state index in [-0.39, 0.29) is 23.4 Å². The molecule has 2 atom stereocenters. The van der Waals surface area contributed by atoms with E-state index < -0.39 is 0 Å². The lowest BCUT2D eigenvalue weighted by atomic mass is 9.85. The van der Waals surface area contributed by atoms with Crippen molar-refractivity contribution in [3.63, 3.8) is 0 Å². The first kappa shape index (κ1) is 17.4. The summed E-state index contributed by atoms with van der Waals surface area (Å²) in [5.41, 5.74) is 8.01. The quantitative estimate of drug-likeness (QED) is 0.796. The van der Waals surface area contributed by atoms with Crippen LogP contribution in [-0.4, -0.2) is 21.9 Å². The van der Waals surface area contributed by atoms with Crippen molar-refractivity contribution in [3.8, 4) is 11.4 Å².